The zero-order valence-corrected chi connectivity index (χ0v) is 10.2. The SMILES string of the molecule is O=C1C[C@@H]2CC[C@H]1[C@H](O)[C@H]2c1ccc(Cl)cc1. The van der Waals surface area contributed by atoms with Crippen molar-refractivity contribution in [3.8, 4) is 0 Å². The number of rotatable bonds is 1. The number of benzene rings is 1. The van der Waals surface area contributed by atoms with E-state index in [-0.39, 0.29) is 17.6 Å². The van der Waals surface area contributed by atoms with Crippen LogP contribution in [0.1, 0.15) is 30.7 Å². The molecular weight excluding hydrogens is 236 g/mol. The molecule has 0 aliphatic heterocycles. The third-order valence-corrected chi connectivity index (χ3v) is 4.52. The molecule has 1 aromatic rings. The maximum absolute atomic E-state index is 11.7. The van der Waals surface area contributed by atoms with Crippen LogP contribution in [-0.4, -0.2) is 17.0 Å². The van der Waals surface area contributed by atoms with Crippen LogP contribution in [0.25, 0.3) is 0 Å². The van der Waals surface area contributed by atoms with Crippen molar-refractivity contribution in [2.24, 2.45) is 11.8 Å². The summed E-state index contributed by atoms with van der Waals surface area (Å²) in [6, 6.07) is 7.66. The summed E-state index contributed by atoms with van der Waals surface area (Å²) in [5.41, 5.74) is 1.11. The molecule has 3 aliphatic carbocycles. The zero-order valence-electron chi connectivity index (χ0n) is 9.47. The molecule has 0 radical (unpaired) electrons. The van der Waals surface area contributed by atoms with Gasteiger partial charge in [-0.15, -0.1) is 0 Å². The molecule has 3 aliphatic rings. The van der Waals surface area contributed by atoms with Gasteiger partial charge >= 0.3 is 0 Å². The molecule has 4 atom stereocenters. The molecule has 4 rings (SSSR count). The second-order valence-corrected chi connectivity index (χ2v) is 5.62. The minimum atomic E-state index is -0.504. The molecule has 17 heavy (non-hydrogen) atoms. The normalized spacial score (nSPS) is 36.2. The highest BCUT2D eigenvalue weighted by Gasteiger charge is 2.47. The number of hydrogen-bond acceptors (Lipinski definition) is 2. The number of carbonyl (C=O) groups is 1. The van der Waals surface area contributed by atoms with Gasteiger partial charge in [-0.2, -0.15) is 0 Å². The number of ketones is 1. The zero-order chi connectivity index (χ0) is 12.0. The molecule has 2 nitrogen and oxygen atoms in total. The van der Waals surface area contributed by atoms with E-state index in [1.54, 1.807) is 0 Å². The van der Waals surface area contributed by atoms with E-state index in [2.05, 4.69) is 0 Å². The van der Waals surface area contributed by atoms with Crippen LogP contribution in [0.3, 0.4) is 0 Å². The van der Waals surface area contributed by atoms with Crippen LogP contribution < -0.4 is 0 Å². The summed E-state index contributed by atoms with van der Waals surface area (Å²) in [5.74, 6) is 0.534. The van der Waals surface area contributed by atoms with Crippen LogP contribution in [-0.2, 0) is 4.79 Å². The van der Waals surface area contributed by atoms with E-state index in [4.69, 9.17) is 11.6 Å². The smallest absolute Gasteiger partial charge is 0.138 e. The summed E-state index contributed by atoms with van der Waals surface area (Å²) >= 11 is 5.87. The summed E-state index contributed by atoms with van der Waals surface area (Å²) in [4.78, 5) is 11.7. The van der Waals surface area contributed by atoms with Crippen molar-refractivity contribution in [1.82, 2.24) is 0 Å². The van der Waals surface area contributed by atoms with E-state index in [0.717, 1.165) is 18.4 Å². The molecule has 0 amide bonds. The first-order valence-corrected chi connectivity index (χ1v) is 6.51. The molecule has 0 heterocycles. The molecule has 0 saturated heterocycles. The molecule has 2 bridgehead atoms. The summed E-state index contributed by atoms with van der Waals surface area (Å²) < 4.78 is 0. The van der Waals surface area contributed by atoms with Crippen molar-refractivity contribution in [2.45, 2.75) is 31.3 Å². The van der Waals surface area contributed by atoms with Crippen LogP contribution in [0.2, 0.25) is 5.02 Å². The first kappa shape index (κ1) is 11.2. The quantitative estimate of drug-likeness (QED) is 0.832. The minimum Gasteiger partial charge on any atom is -0.392 e. The highest BCUT2D eigenvalue weighted by molar-refractivity contribution is 6.30. The number of hydrogen-bond donors (Lipinski definition) is 1. The maximum atomic E-state index is 11.7. The van der Waals surface area contributed by atoms with Gasteiger partial charge in [-0.05, 0) is 36.5 Å². The number of aliphatic hydroxyl groups is 1. The van der Waals surface area contributed by atoms with E-state index in [1.165, 1.54) is 0 Å². The van der Waals surface area contributed by atoms with Crippen LogP contribution in [0, 0.1) is 11.8 Å². The summed E-state index contributed by atoms with van der Waals surface area (Å²) in [6.45, 7) is 0. The van der Waals surface area contributed by atoms with Gasteiger partial charge < -0.3 is 5.11 Å². The van der Waals surface area contributed by atoms with Crippen molar-refractivity contribution in [2.75, 3.05) is 0 Å². The summed E-state index contributed by atoms with van der Waals surface area (Å²) in [5, 5.41) is 11.0. The summed E-state index contributed by atoms with van der Waals surface area (Å²) in [6.07, 6.45) is 2.04. The number of carbonyl (C=O) groups excluding carboxylic acids is 1. The molecule has 0 aromatic heterocycles. The Morgan fingerprint density at radius 3 is 2.47 bits per heavy atom. The maximum Gasteiger partial charge on any atom is 0.138 e. The lowest BCUT2D eigenvalue weighted by atomic mass is 9.60. The topological polar surface area (TPSA) is 37.3 Å². The fraction of sp³-hybridized carbons (Fsp3) is 0.500. The Bertz CT molecular complexity index is 438. The van der Waals surface area contributed by atoms with Crippen molar-refractivity contribution in [1.29, 1.82) is 0 Å². The molecule has 90 valence electrons. The molecule has 0 unspecified atom stereocenters. The largest absolute Gasteiger partial charge is 0.392 e. The lowest BCUT2D eigenvalue weighted by molar-refractivity contribution is -0.138. The third kappa shape index (κ3) is 1.80. The van der Waals surface area contributed by atoms with Gasteiger partial charge in [0, 0.05) is 23.3 Å². The molecule has 3 saturated carbocycles. The standard InChI is InChI=1S/C14H15ClO2/c15-10-4-1-8(2-5-10)13-9-3-6-11(14(13)17)12(16)7-9/h1-2,4-5,9,11,13-14,17H,3,6-7H2/t9-,11+,13-,14-/m0/s1. The van der Waals surface area contributed by atoms with E-state index < -0.39 is 6.10 Å². The Morgan fingerprint density at radius 1 is 1.18 bits per heavy atom. The predicted octanol–water partition coefficient (Wildman–Crippen LogP) is 2.78. The Balaban J connectivity index is 1.93. The highest BCUT2D eigenvalue weighted by atomic mass is 35.5. The Kier molecular flexibility index (Phi) is 2.72. The van der Waals surface area contributed by atoms with Crippen LogP contribution in [0.15, 0.2) is 24.3 Å². The Hall–Kier alpha value is -0.860. The predicted molar refractivity (Wildman–Crippen MR) is 66.0 cm³/mol. The number of halogens is 1. The van der Waals surface area contributed by atoms with Crippen molar-refractivity contribution < 1.29 is 9.90 Å². The van der Waals surface area contributed by atoms with Gasteiger partial charge in [-0.3, -0.25) is 4.79 Å². The van der Waals surface area contributed by atoms with Gasteiger partial charge in [0.05, 0.1) is 6.10 Å². The Labute approximate surface area is 106 Å². The monoisotopic (exact) mass is 250 g/mol. The fourth-order valence-corrected chi connectivity index (χ4v) is 3.54. The molecular formula is C14H15ClO2. The van der Waals surface area contributed by atoms with Gasteiger partial charge in [0.25, 0.3) is 0 Å². The molecule has 3 heteroatoms. The number of Topliss-reactive ketones (excluding diaryl/α,β-unsaturated/α-hetero) is 1. The molecule has 3 fully saturated rings. The van der Waals surface area contributed by atoms with E-state index in [1.807, 2.05) is 24.3 Å². The molecule has 0 spiro atoms. The van der Waals surface area contributed by atoms with Gasteiger partial charge in [0.1, 0.15) is 5.78 Å². The number of aliphatic hydroxyl groups excluding tert-OH is 1. The molecule has 1 aromatic carbocycles. The fourth-order valence-electron chi connectivity index (χ4n) is 3.42. The van der Waals surface area contributed by atoms with Crippen LogP contribution in [0.4, 0.5) is 0 Å². The lowest BCUT2D eigenvalue weighted by Gasteiger charge is -2.45. The highest BCUT2D eigenvalue weighted by Crippen LogP contribution is 2.48. The van der Waals surface area contributed by atoms with E-state index in [0.29, 0.717) is 17.4 Å². The number of fused-ring (bicyclic) bond motifs is 3. The first-order chi connectivity index (χ1) is 8.16. The third-order valence-electron chi connectivity index (χ3n) is 4.27. The van der Waals surface area contributed by atoms with E-state index >= 15 is 0 Å². The molecule has 1 N–H and O–H groups in total. The lowest BCUT2D eigenvalue weighted by Crippen LogP contribution is -2.47. The second-order valence-electron chi connectivity index (χ2n) is 5.18. The van der Waals surface area contributed by atoms with Crippen molar-refractivity contribution >= 4 is 17.4 Å². The minimum absolute atomic E-state index is 0.115. The van der Waals surface area contributed by atoms with Crippen molar-refractivity contribution in [3.63, 3.8) is 0 Å². The second kappa shape index (κ2) is 4.11. The van der Waals surface area contributed by atoms with Crippen LogP contribution >= 0.6 is 11.6 Å². The van der Waals surface area contributed by atoms with Crippen LogP contribution in [0.5, 0.6) is 0 Å². The van der Waals surface area contributed by atoms with Gasteiger partial charge in [0.2, 0.25) is 0 Å². The Morgan fingerprint density at radius 2 is 1.88 bits per heavy atom. The van der Waals surface area contributed by atoms with Gasteiger partial charge in [-0.25, -0.2) is 0 Å². The summed E-state index contributed by atoms with van der Waals surface area (Å²) in [7, 11) is 0. The average molecular weight is 251 g/mol. The van der Waals surface area contributed by atoms with E-state index in [9.17, 15) is 9.90 Å². The van der Waals surface area contributed by atoms with Gasteiger partial charge in [0.15, 0.2) is 0 Å². The van der Waals surface area contributed by atoms with Gasteiger partial charge in [-0.1, -0.05) is 23.7 Å². The first-order valence-electron chi connectivity index (χ1n) is 6.13. The van der Waals surface area contributed by atoms with Crippen molar-refractivity contribution in [3.05, 3.63) is 34.9 Å². The average Bonchev–Trinajstić information content (AvgIpc) is 2.31.